The summed E-state index contributed by atoms with van der Waals surface area (Å²) in [6, 6.07) is 8.66. The summed E-state index contributed by atoms with van der Waals surface area (Å²) in [6.45, 7) is 6.91. The molecule has 2 heteroatoms. The van der Waals surface area contributed by atoms with Gasteiger partial charge in [0.05, 0.1) is 0 Å². The van der Waals surface area contributed by atoms with Crippen LogP contribution < -0.4 is 5.32 Å². The third-order valence-electron chi connectivity index (χ3n) is 4.25. The highest BCUT2D eigenvalue weighted by Crippen LogP contribution is 2.46. The lowest BCUT2D eigenvalue weighted by molar-refractivity contribution is 0.260. The van der Waals surface area contributed by atoms with E-state index in [0.29, 0.717) is 11.3 Å². The lowest BCUT2D eigenvalue weighted by Crippen LogP contribution is -2.27. The van der Waals surface area contributed by atoms with Crippen LogP contribution in [0.5, 0.6) is 0 Å². The third-order valence-corrected chi connectivity index (χ3v) is 4.98. The minimum absolute atomic E-state index is 0.448. The topological polar surface area (TPSA) is 12.0 Å². The zero-order valence-electron chi connectivity index (χ0n) is 10.1. The summed E-state index contributed by atoms with van der Waals surface area (Å²) in [4.78, 5) is 0. The fourth-order valence-electron chi connectivity index (χ4n) is 3.00. The van der Waals surface area contributed by atoms with Gasteiger partial charge in [-0.2, -0.15) is 0 Å². The lowest BCUT2D eigenvalue weighted by Gasteiger charge is -2.33. The highest BCUT2D eigenvalue weighted by atomic mass is 79.9. The van der Waals surface area contributed by atoms with Crippen molar-refractivity contribution in [1.29, 1.82) is 0 Å². The van der Waals surface area contributed by atoms with Gasteiger partial charge in [-0.25, -0.2) is 0 Å². The predicted octanol–water partition coefficient (Wildman–Crippen LogP) is 3.94. The zero-order chi connectivity index (χ0) is 11.6. The van der Waals surface area contributed by atoms with Crippen molar-refractivity contribution in [1.82, 2.24) is 5.32 Å². The first-order valence-corrected chi connectivity index (χ1v) is 6.98. The van der Waals surface area contributed by atoms with Gasteiger partial charge >= 0.3 is 0 Å². The van der Waals surface area contributed by atoms with E-state index in [-0.39, 0.29) is 0 Å². The monoisotopic (exact) mass is 281 g/mol. The van der Waals surface area contributed by atoms with Crippen LogP contribution in [0.4, 0.5) is 0 Å². The lowest BCUT2D eigenvalue weighted by atomic mass is 9.71. The molecule has 1 nitrogen and oxygen atoms in total. The van der Waals surface area contributed by atoms with E-state index in [4.69, 9.17) is 0 Å². The Morgan fingerprint density at radius 3 is 2.62 bits per heavy atom. The standard InChI is InChI=1S/C14H20BrN/c1-3-14(4-2)10-16-9-12(14)11-7-5-6-8-13(11)15/h5-8,12,16H,3-4,9-10H2,1-2H3/t12-/m0/s1. The molecule has 0 spiro atoms. The van der Waals surface area contributed by atoms with Crippen LogP contribution in [0.3, 0.4) is 0 Å². The van der Waals surface area contributed by atoms with Crippen molar-refractivity contribution >= 4 is 15.9 Å². The van der Waals surface area contributed by atoms with Crippen LogP contribution in [0.15, 0.2) is 28.7 Å². The Labute approximate surface area is 107 Å². The fourth-order valence-corrected chi connectivity index (χ4v) is 3.56. The molecular formula is C14H20BrN. The average molecular weight is 282 g/mol. The second-order valence-corrected chi connectivity index (χ2v) is 5.63. The highest BCUT2D eigenvalue weighted by Gasteiger charge is 2.41. The second kappa shape index (κ2) is 4.89. The van der Waals surface area contributed by atoms with E-state index >= 15 is 0 Å². The smallest absolute Gasteiger partial charge is 0.0210 e. The Hall–Kier alpha value is -0.340. The molecule has 2 rings (SSSR count). The SMILES string of the molecule is CCC1(CC)CNC[C@H]1c1ccccc1Br. The molecular weight excluding hydrogens is 262 g/mol. The molecule has 1 fully saturated rings. The van der Waals surface area contributed by atoms with Gasteiger partial charge in [-0.15, -0.1) is 0 Å². The van der Waals surface area contributed by atoms with E-state index in [1.54, 1.807) is 0 Å². The maximum absolute atomic E-state index is 3.69. The largest absolute Gasteiger partial charge is 0.316 e. The molecule has 1 aromatic carbocycles. The van der Waals surface area contributed by atoms with Crippen LogP contribution in [0.2, 0.25) is 0 Å². The fraction of sp³-hybridized carbons (Fsp3) is 0.571. The van der Waals surface area contributed by atoms with Crippen molar-refractivity contribution in [3.63, 3.8) is 0 Å². The number of hydrogen-bond acceptors (Lipinski definition) is 1. The molecule has 0 saturated carbocycles. The number of halogens is 1. The van der Waals surface area contributed by atoms with Gasteiger partial charge in [-0.3, -0.25) is 0 Å². The summed E-state index contributed by atoms with van der Waals surface area (Å²) >= 11 is 3.69. The van der Waals surface area contributed by atoms with E-state index in [9.17, 15) is 0 Å². The average Bonchev–Trinajstić information content (AvgIpc) is 2.74. The van der Waals surface area contributed by atoms with Crippen LogP contribution in [0.1, 0.15) is 38.2 Å². The Balaban J connectivity index is 2.37. The van der Waals surface area contributed by atoms with Gasteiger partial charge < -0.3 is 5.32 Å². The molecule has 1 aliphatic rings. The predicted molar refractivity (Wildman–Crippen MR) is 72.8 cm³/mol. The molecule has 0 bridgehead atoms. The Morgan fingerprint density at radius 1 is 1.31 bits per heavy atom. The second-order valence-electron chi connectivity index (χ2n) is 4.77. The summed E-state index contributed by atoms with van der Waals surface area (Å²) in [5.74, 6) is 0.651. The minimum atomic E-state index is 0.448. The van der Waals surface area contributed by atoms with Crippen LogP contribution in [0.25, 0.3) is 0 Å². The highest BCUT2D eigenvalue weighted by molar-refractivity contribution is 9.10. The zero-order valence-corrected chi connectivity index (χ0v) is 11.7. The van der Waals surface area contributed by atoms with Crippen molar-refractivity contribution in [3.05, 3.63) is 34.3 Å². The van der Waals surface area contributed by atoms with Gasteiger partial charge in [0.15, 0.2) is 0 Å². The summed E-state index contributed by atoms with van der Waals surface area (Å²) in [5, 5.41) is 3.57. The van der Waals surface area contributed by atoms with Crippen molar-refractivity contribution < 1.29 is 0 Å². The Kier molecular flexibility index (Phi) is 3.70. The van der Waals surface area contributed by atoms with E-state index in [2.05, 4.69) is 59.4 Å². The number of nitrogens with one attached hydrogen (secondary N) is 1. The first kappa shape index (κ1) is 12.1. The summed E-state index contributed by atoms with van der Waals surface area (Å²) < 4.78 is 1.26. The molecule has 0 radical (unpaired) electrons. The van der Waals surface area contributed by atoms with Crippen LogP contribution in [-0.4, -0.2) is 13.1 Å². The van der Waals surface area contributed by atoms with Crippen molar-refractivity contribution in [2.24, 2.45) is 5.41 Å². The van der Waals surface area contributed by atoms with Crippen LogP contribution in [-0.2, 0) is 0 Å². The maximum atomic E-state index is 3.69. The van der Waals surface area contributed by atoms with Gasteiger partial charge in [-0.1, -0.05) is 48.0 Å². The molecule has 0 aliphatic carbocycles. The molecule has 1 aromatic rings. The molecule has 1 heterocycles. The first-order chi connectivity index (χ1) is 7.73. The van der Waals surface area contributed by atoms with Gasteiger partial charge in [0, 0.05) is 23.5 Å². The molecule has 16 heavy (non-hydrogen) atoms. The molecule has 88 valence electrons. The van der Waals surface area contributed by atoms with E-state index in [0.717, 1.165) is 13.1 Å². The van der Waals surface area contributed by atoms with Crippen molar-refractivity contribution in [2.75, 3.05) is 13.1 Å². The first-order valence-electron chi connectivity index (χ1n) is 6.18. The molecule has 1 N–H and O–H groups in total. The molecule has 0 aromatic heterocycles. The number of rotatable bonds is 3. The summed E-state index contributed by atoms with van der Waals surface area (Å²) in [7, 11) is 0. The summed E-state index contributed by atoms with van der Waals surface area (Å²) in [6.07, 6.45) is 2.50. The maximum Gasteiger partial charge on any atom is 0.0210 e. The Morgan fingerprint density at radius 2 is 2.00 bits per heavy atom. The number of hydrogen-bond donors (Lipinski definition) is 1. The molecule has 1 atom stereocenters. The van der Waals surface area contributed by atoms with E-state index < -0.39 is 0 Å². The van der Waals surface area contributed by atoms with Crippen molar-refractivity contribution in [3.8, 4) is 0 Å². The summed E-state index contributed by atoms with van der Waals surface area (Å²) in [5.41, 5.74) is 1.92. The Bertz CT molecular complexity index is 358. The normalized spacial score (nSPS) is 23.6. The minimum Gasteiger partial charge on any atom is -0.316 e. The molecule has 1 saturated heterocycles. The van der Waals surface area contributed by atoms with Crippen molar-refractivity contribution in [2.45, 2.75) is 32.6 Å². The third kappa shape index (κ3) is 1.93. The van der Waals surface area contributed by atoms with Crippen LogP contribution >= 0.6 is 15.9 Å². The molecule has 0 amide bonds. The van der Waals surface area contributed by atoms with Gasteiger partial charge in [-0.05, 0) is 29.9 Å². The van der Waals surface area contributed by atoms with Gasteiger partial charge in [0.2, 0.25) is 0 Å². The van der Waals surface area contributed by atoms with E-state index in [1.165, 1.54) is 22.9 Å². The molecule has 1 aliphatic heterocycles. The van der Waals surface area contributed by atoms with Gasteiger partial charge in [0.25, 0.3) is 0 Å². The van der Waals surface area contributed by atoms with Crippen LogP contribution in [0, 0.1) is 5.41 Å². The van der Waals surface area contributed by atoms with Gasteiger partial charge in [0.1, 0.15) is 0 Å². The van der Waals surface area contributed by atoms with E-state index in [1.807, 2.05) is 0 Å². The number of benzene rings is 1. The quantitative estimate of drug-likeness (QED) is 0.885. The molecule has 0 unspecified atom stereocenters.